The average Bonchev–Trinajstić information content (AvgIpc) is 2.30. The van der Waals surface area contributed by atoms with E-state index in [4.69, 9.17) is 4.74 Å². The van der Waals surface area contributed by atoms with Gasteiger partial charge in [0.05, 0.1) is 6.61 Å². The van der Waals surface area contributed by atoms with Gasteiger partial charge in [-0.3, -0.25) is 14.9 Å². The van der Waals surface area contributed by atoms with Crippen molar-refractivity contribution < 1.29 is 14.3 Å². The Morgan fingerprint density at radius 3 is 2.94 bits per heavy atom. The average molecular weight is 222 g/mol. The SMILES string of the molecule is O=C1COCC(C(=O)Nc2ncccn2)N1. The van der Waals surface area contributed by atoms with Crippen molar-refractivity contribution in [2.45, 2.75) is 6.04 Å². The second-order valence-electron chi connectivity index (χ2n) is 3.20. The fraction of sp³-hybridized carbons (Fsp3) is 0.333. The first kappa shape index (κ1) is 10.5. The fourth-order valence-electron chi connectivity index (χ4n) is 1.25. The Kier molecular flexibility index (Phi) is 3.06. The summed E-state index contributed by atoms with van der Waals surface area (Å²) in [6.07, 6.45) is 3.02. The molecule has 1 aromatic heterocycles. The fourth-order valence-corrected chi connectivity index (χ4v) is 1.25. The van der Waals surface area contributed by atoms with Crippen LogP contribution < -0.4 is 10.6 Å². The normalized spacial score (nSPS) is 20.0. The van der Waals surface area contributed by atoms with Gasteiger partial charge in [0.15, 0.2) is 0 Å². The van der Waals surface area contributed by atoms with Gasteiger partial charge in [-0.05, 0) is 6.07 Å². The molecule has 0 spiro atoms. The van der Waals surface area contributed by atoms with Crippen LogP contribution in [0.25, 0.3) is 0 Å². The number of morpholine rings is 1. The lowest BCUT2D eigenvalue weighted by atomic mass is 10.2. The Balaban J connectivity index is 1.95. The van der Waals surface area contributed by atoms with Gasteiger partial charge < -0.3 is 10.1 Å². The predicted molar refractivity (Wildman–Crippen MR) is 53.4 cm³/mol. The molecule has 1 unspecified atom stereocenters. The van der Waals surface area contributed by atoms with Crippen LogP contribution in [0.15, 0.2) is 18.5 Å². The van der Waals surface area contributed by atoms with Gasteiger partial charge in [-0.2, -0.15) is 0 Å². The van der Waals surface area contributed by atoms with Crippen molar-refractivity contribution in [3.63, 3.8) is 0 Å². The van der Waals surface area contributed by atoms with Crippen molar-refractivity contribution in [3.05, 3.63) is 18.5 Å². The van der Waals surface area contributed by atoms with Gasteiger partial charge in [-0.15, -0.1) is 0 Å². The molecular weight excluding hydrogens is 212 g/mol. The van der Waals surface area contributed by atoms with E-state index in [1.54, 1.807) is 6.07 Å². The third kappa shape index (κ3) is 2.51. The first-order valence-corrected chi connectivity index (χ1v) is 4.71. The third-order valence-electron chi connectivity index (χ3n) is 1.97. The Morgan fingerprint density at radius 2 is 2.25 bits per heavy atom. The van der Waals surface area contributed by atoms with E-state index in [1.165, 1.54) is 12.4 Å². The molecule has 0 saturated carbocycles. The summed E-state index contributed by atoms with van der Waals surface area (Å²) in [5.41, 5.74) is 0. The van der Waals surface area contributed by atoms with Crippen molar-refractivity contribution in [3.8, 4) is 0 Å². The summed E-state index contributed by atoms with van der Waals surface area (Å²) in [5.74, 6) is -0.494. The lowest BCUT2D eigenvalue weighted by molar-refractivity contribution is -0.136. The zero-order chi connectivity index (χ0) is 11.4. The van der Waals surface area contributed by atoms with Crippen LogP contribution in [0.5, 0.6) is 0 Å². The van der Waals surface area contributed by atoms with Gasteiger partial charge in [0.25, 0.3) is 5.91 Å². The molecule has 1 aromatic rings. The molecule has 0 aromatic carbocycles. The zero-order valence-electron chi connectivity index (χ0n) is 8.34. The molecule has 7 heteroatoms. The van der Waals surface area contributed by atoms with Gasteiger partial charge in [0.2, 0.25) is 11.9 Å². The largest absolute Gasteiger partial charge is 0.369 e. The molecule has 1 fully saturated rings. The van der Waals surface area contributed by atoms with E-state index >= 15 is 0 Å². The molecule has 0 radical (unpaired) electrons. The highest BCUT2D eigenvalue weighted by atomic mass is 16.5. The van der Waals surface area contributed by atoms with E-state index in [-0.39, 0.29) is 31.0 Å². The second-order valence-corrected chi connectivity index (χ2v) is 3.20. The summed E-state index contributed by atoms with van der Waals surface area (Å²) in [4.78, 5) is 30.3. The molecule has 7 nitrogen and oxygen atoms in total. The topological polar surface area (TPSA) is 93.2 Å². The second kappa shape index (κ2) is 4.67. The highest BCUT2D eigenvalue weighted by Gasteiger charge is 2.25. The third-order valence-corrected chi connectivity index (χ3v) is 1.97. The van der Waals surface area contributed by atoms with Crippen molar-refractivity contribution >= 4 is 17.8 Å². The lowest BCUT2D eigenvalue weighted by Gasteiger charge is -2.22. The van der Waals surface area contributed by atoms with Crippen LogP contribution in [-0.4, -0.2) is 41.0 Å². The molecule has 1 aliphatic rings. The van der Waals surface area contributed by atoms with Crippen molar-refractivity contribution in [1.29, 1.82) is 0 Å². The van der Waals surface area contributed by atoms with E-state index in [0.717, 1.165) is 0 Å². The van der Waals surface area contributed by atoms with Gasteiger partial charge >= 0.3 is 0 Å². The van der Waals surface area contributed by atoms with Crippen LogP contribution in [0.2, 0.25) is 0 Å². The summed E-state index contributed by atoms with van der Waals surface area (Å²) < 4.78 is 4.94. The van der Waals surface area contributed by atoms with Crippen LogP contribution in [-0.2, 0) is 14.3 Å². The number of nitrogens with zero attached hydrogens (tertiary/aromatic N) is 2. The highest BCUT2D eigenvalue weighted by Crippen LogP contribution is 1.99. The molecular formula is C9H10N4O3. The molecule has 1 saturated heterocycles. The molecule has 2 heterocycles. The number of amides is 2. The summed E-state index contributed by atoms with van der Waals surface area (Å²) in [6.45, 7) is 0.149. The molecule has 16 heavy (non-hydrogen) atoms. The molecule has 2 N–H and O–H groups in total. The van der Waals surface area contributed by atoms with Crippen LogP contribution in [0.1, 0.15) is 0 Å². The van der Waals surface area contributed by atoms with Crippen LogP contribution >= 0.6 is 0 Å². The number of nitrogens with one attached hydrogen (secondary N) is 2. The number of ether oxygens (including phenoxy) is 1. The van der Waals surface area contributed by atoms with Crippen molar-refractivity contribution in [1.82, 2.24) is 15.3 Å². The van der Waals surface area contributed by atoms with Crippen LogP contribution in [0.3, 0.4) is 0 Å². The number of rotatable bonds is 2. The molecule has 84 valence electrons. The van der Waals surface area contributed by atoms with E-state index in [1.807, 2.05) is 0 Å². The molecule has 0 bridgehead atoms. The predicted octanol–water partition coefficient (Wildman–Crippen LogP) is -1.07. The monoisotopic (exact) mass is 222 g/mol. The van der Waals surface area contributed by atoms with Crippen LogP contribution in [0.4, 0.5) is 5.95 Å². The minimum absolute atomic E-state index is 0.00832. The lowest BCUT2D eigenvalue weighted by Crippen LogP contribution is -2.52. The quantitative estimate of drug-likeness (QED) is 0.664. The summed E-state index contributed by atoms with van der Waals surface area (Å²) in [6, 6.07) is 0.950. The summed E-state index contributed by atoms with van der Waals surface area (Å²) >= 11 is 0. The zero-order valence-corrected chi connectivity index (χ0v) is 8.34. The number of hydrogen-bond acceptors (Lipinski definition) is 5. The first-order chi connectivity index (χ1) is 7.75. The maximum absolute atomic E-state index is 11.6. The summed E-state index contributed by atoms with van der Waals surface area (Å²) in [7, 11) is 0. The molecule has 0 aliphatic carbocycles. The Hall–Kier alpha value is -2.02. The Morgan fingerprint density at radius 1 is 1.50 bits per heavy atom. The van der Waals surface area contributed by atoms with E-state index in [9.17, 15) is 9.59 Å². The number of carbonyl (C=O) groups is 2. The highest BCUT2D eigenvalue weighted by molar-refractivity contribution is 5.96. The van der Waals surface area contributed by atoms with Gasteiger partial charge in [-0.25, -0.2) is 9.97 Å². The number of carbonyl (C=O) groups excluding carboxylic acids is 2. The number of hydrogen-bond donors (Lipinski definition) is 2. The van der Waals surface area contributed by atoms with Crippen LogP contribution in [0, 0.1) is 0 Å². The first-order valence-electron chi connectivity index (χ1n) is 4.71. The standard InChI is InChI=1S/C9H10N4O3/c14-7-5-16-4-6(12-7)8(15)13-9-10-2-1-3-11-9/h1-3,6H,4-5H2,(H,12,14)(H,10,11,13,15). The maximum Gasteiger partial charge on any atom is 0.251 e. The molecule has 2 amide bonds. The van der Waals surface area contributed by atoms with Gasteiger partial charge in [-0.1, -0.05) is 0 Å². The van der Waals surface area contributed by atoms with E-state index < -0.39 is 6.04 Å². The van der Waals surface area contributed by atoms with E-state index in [0.29, 0.717) is 0 Å². The number of anilines is 1. The molecule has 1 atom stereocenters. The number of aromatic nitrogens is 2. The minimum atomic E-state index is -0.690. The maximum atomic E-state index is 11.6. The Bertz CT molecular complexity index is 395. The van der Waals surface area contributed by atoms with Gasteiger partial charge in [0, 0.05) is 12.4 Å². The molecule has 1 aliphatic heterocycles. The molecule has 2 rings (SSSR count). The minimum Gasteiger partial charge on any atom is -0.369 e. The van der Waals surface area contributed by atoms with Gasteiger partial charge in [0.1, 0.15) is 12.6 Å². The smallest absolute Gasteiger partial charge is 0.251 e. The van der Waals surface area contributed by atoms with Crippen molar-refractivity contribution in [2.24, 2.45) is 0 Å². The summed E-state index contributed by atoms with van der Waals surface area (Å²) in [5, 5.41) is 4.98. The Labute approximate surface area is 91.2 Å². The van der Waals surface area contributed by atoms with E-state index in [2.05, 4.69) is 20.6 Å². The van der Waals surface area contributed by atoms with Crippen molar-refractivity contribution in [2.75, 3.05) is 18.5 Å².